The molecule has 0 heterocycles. The van der Waals surface area contributed by atoms with Gasteiger partial charge in [0.15, 0.2) is 0 Å². The van der Waals surface area contributed by atoms with Gasteiger partial charge in [-0.3, -0.25) is 0 Å². The molecule has 2 aliphatic rings. The van der Waals surface area contributed by atoms with Crippen LogP contribution in [0.1, 0.15) is 103 Å². The van der Waals surface area contributed by atoms with Crippen LogP contribution in [-0.4, -0.2) is 6.61 Å². The summed E-state index contributed by atoms with van der Waals surface area (Å²) in [6, 6.07) is 17.8. The number of benzene rings is 1. The van der Waals surface area contributed by atoms with Gasteiger partial charge in [-0.05, 0) is 46.4 Å². The number of fused-ring (bicyclic) bond motifs is 3. The van der Waals surface area contributed by atoms with Crippen molar-refractivity contribution in [3.63, 3.8) is 0 Å². The Hall–Kier alpha value is -2.02. The lowest BCUT2D eigenvalue weighted by molar-refractivity contribution is 0.306. The molecule has 0 aliphatic heterocycles. The van der Waals surface area contributed by atoms with E-state index < -0.39 is 0 Å². The van der Waals surface area contributed by atoms with Crippen molar-refractivity contribution in [2.24, 2.45) is 0 Å². The Bertz CT molecular complexity index is 879. The lowest BCUT2D eigenvalue weighted by Gasteiger charge is -2.09. The fourth-order valence-corrected chi connectivity index (χ4v) is 4.55. The van der Waals surface area contributed by atoms with E-state index in [0.717, 1.165) is 18.8 Å². The van der Waals surface area contributed by atoms with Gasteiger partial charge < -0.3 is 4.74 Å². The minimum Gasteiger partial charge on any atom is -0.493 e. The molecule has 0 fully saturated rings. The molecule has 0 radical (unpaired) electrons. The molecule has 3 rings (SSSR count). The fraction of sp³-hybridized carbons (Fsp3) is 0.533. The van der Waals surface area contributed by atoms with Crippen LogP contribution in [0.15, 0.2) is 48.5 Å². The molecule has 0 spiro atoms. The molecule has 1 nitrogen and oxygen atoms in total. The highest BCUT2D eigenvalue weighted by atomic mass is 16.5. The van der Waals surface area contributed by atoms with E-state index in [9.17, 15) is 0 Å². The van der Waals surface area contributed by atoms with Gasteiger partial charge in [0.1, 0.15) is 5.75 Å². The van der Waals surface area contributed by atoms with E-state index in [0.29, 0.717) is 5.92 Å². The quantitative estimate of drug-likeness (QED) is 0.237. The largest absolute Gasteiger partial charge is 0.493 e. The van der Waals surface area contributed by atoms with E-state index in [1.165, 1.54) is 91.7 Å². The molecule has 0 saturated carbocycles. The minimum absolute atomic E-state index is 0.508. The summed E-state index contributed by atoms with van der Waals surface area (Å²) in [7, 11) is 0. The molecule has 0 bridgehead atoms. The molecule has 31 heavy (non-hydrogen) atoms. The molecule has 0 aromatic heterocycles. The number of ether oxygens (including phenoxy) is 1. The Morgan fingerprint density at radius 3 is 2.03 bits per heavy atom. The van der Waals surface area contributed by atoms with E-state index in [-0.39, 0.29) is 0 Å². The third kappa shape index (κ3) is 6.99. The van der Waals surface area contributed by atoms with Gasteiger partial charge >= 0.3 is 0 Å². The molecule has 0 N–H and O–H groups in total. The average Bonchev–Trinajstić information content (AvgIpc) is 3.03. The van der Waals surface area contributed by atoms with E-state index in [2.05, 4.69) is 69.3 Å². The molecule has 1 aromatic carbocycles. The van der Waals surface area contributed by atoms with E-state index in [1.54, 1.807) is 0 Å². The van der Waals surface area contributed by atoms with Crippen LogP contribution in [0.5, 0.6) is 5.75 Å². The van der Waals surface area contributed by atoms with Crippen LogP contribution in [0.3, 0.4) is 0 Å². The van der Waals surface area contributed by atoms with Gasteiger partial charge in [-0.2, -0.15) is 0 Å². The average molecular weight is 419 g/mol. The first-order valence-electron chi connectivity index (χ1n) is 12.8. The number of hydrogen-bond donors (Lipinski definition) is 0. The predicted molar refractivity (Wildman–Crippen MR) is 137 cm³/mol. The zero-order chi connectivity index (χ0) is 21.9. The SMILES string of the molecule is CCCCCCCCCCCCCOc1ccc(C(C)C)cc2cc3ccccc3c1-2. The van der Waals surface area contributed by atoms with Gasteiger partial charge in [0.25, 0.3) is 0 Å². The molecule has 2 aliphatic carbocycles. The summed E-state index contributed by atoms with van der Waals surface area (Å²) in [5.74, 6) is 1.54. The molecular weight excluding hydrogens is 376 g/mol. The zero-order valence-electron chi connectivity index (χ0n) is 20.1. The Morgan fingerprint density at radius 2 is 1.35 bits per heavy atom. The highest BCUT2D eigenvalue weighted by Crippen LogP contribution is 2.41. The van der Waals surface area contributed by atoms with Crippen molar-refractivity contribution in [3.05, 3.63) is 54.1 Å². The van der Waals surface area contributed by atoms with Crippen LogP contribution in [0.2, 0.25) is 0 Å². The van der Waals surface area contributed by atoms with Gasteiger partial charge in [-0.25, -0.2) is 0 Å². The maximum absolute atomic E-state index is 6.36. The summed E-state index contributed by atoms with van der Waals surface area (Å²) in [5.41, 5.74) is 3.93. The van der Waals surface area contributed by atoms with Crippen LogP contribution in [0.4, 0.5) is 0 Å². The van der Waals surface area contributed by atoms with Gasteiger partial charge in [0.05, 0.1) is 6.61 Å². The molecule has 1 heteroatoms. The highest BCUT2D eigenvalue weighted by Gasteiger charge is 2.15. The summed E-state index contributed by atoms with van der Waals surface area (Å²) < 4.78 is 6.36. The van der Waals surface area contributed by atoms with Crippen molar-refractivity contribution >= 4 is 10.8 Å². The number of hydrogen-bond acceptors (Lipinski definition) is 1. The summed E-state index contributed by atoms with van der Waals surface area (Å²) in [4.78, 5) is 0. The van der Waals surface area contributed by atoms with Gasteiger partial charge in [0.2, 0.25) is 0 Å². The van der Waals surface area contributed by atoms with Crippen molar-refractivity contribution in [1.82, 2.24) is 0 Å². The van der Waals surface area contributed by atoms with Crippen molar-refractivity contribution in [1.29, 1.82) is 0 Å². The molecule has 168 valence electrons. The van der Waals surface area contributed by atoms with E-state index in [4.69, 9.17) is 4.74 Å². The molecule has 0 unspecified atom stereocenters. The van der Waals surface area contributed by atoms with Crippen molar-refractivity contribution in [2.45, 2.75) is 97.3 Å². The summed E-state index contributed by atoms with van der Waals surface area (Å²) in [6.45, 7) is 7.62. The van der Waals surface area contributed by atoms with E-state index in [1.807, 2.05) is 0 Å². The smallest absolute Gasteiger partial charge is 0.127 e. The number of rotatable bonds is 14. The molecular formula is C30H42O. The fourth-order valence-electron chi connectivity index (χ4n) is 4.55. The second-order valence-corrected chi connectivity index (χ2v) is 9.44. The third-order valence-corrected chi connectivity index (χ3v) is 6.50. The van der Waals surface area contributed by atoms with E-state index >= 15 is 0 Å². The lowest BCUT2D eigenvalue weighted by Crippen LogP contribution is -1.98. The molecule has 0 atom stereocenters. The first-order valence-corrected chi connectivity index (χ1v) is 12.8. The monoisotopic (exact) mass is 418 g/mol. The topological polar surface area (TPSA) is 9.23 Å². The van der Waals surface area contributed by atoms with Crippen LogP contribution in [-0.2, 0) is 0 Å². The first kappa shape index (κ1) is 23.6. The lowest BCUT2D eigenvalue weighted by atomic mass is 10.0. The third-order valence-electron chi connectivity index (χ3n) is 6.50. The first-order chi connectivity index (χ1) is 15.2. The van der Waals surface area contributed by atoms with Crippen LogP contribution >= 0.6 is 0 Å². The maximum Gasteiger partial charge on any atom is 0.127 e. The Morgan fingerprint density at radius 1 is 0.710 bits per heavy atom. The minimum atomic E-state index is 0.508. The van der Waals surface area contributed by atoms with Crippen LogP contribution in [0, 0.1) is 0 Å². The van der Waals surface area contributed by atoms with Crippen LogP contribution in [0.25, 0.3) is 21.9 Å². The van der Waals surface area contributed by atoms with Gasteiger partial charge in [0, 0.05) is 5.56 Å². The zero-order valence-corrected chi connectivity index (χ0v) is 20.1. The molecule has 0 saturated heterocycles. The summed E-state index contributed by atoms with van der Waals surface area (Å²) in [5, 5.41) is 2.61. The van der Waals surface area contributed by atoms with Crippen molar-refractivity contribution in [2.75, 3.05) is 6.61 Å². The Labute approximate surface area is 190 Å². The van der Waals surface area contributed by atoms with Crippen molar-refractivity contribution in [3.8, 4) is 16.9 Å². The normalized spacial score (nSPS) is 11.6. The van der Waals surface area contributed by atoms with Crippen LogP contribution < -0.4 is 4.74 Å². The van der Waals surface area contributed by atoms with Gasteiger partial charge in [-0.15, -0.1) is 0 Å². The second-order valence-electron chi connectivity index (χ2n) is 9.44. The molecule has 0 amide bonds. The standard InChI is InChI=1S/C30H42O/c1-4-5-6-7-8-9-10-11-12-13-16-21-31-29-20-19-25(24(2)3)22-27-23-26-17-14-15-18-28(26)30(27)29/h14-15,17-20,22-24H,4-13,16,21H2,1-3H3. The number of unbranched alkanes of at least 4 members (excludes halogenated alkanes) is 10. The molecule has 1 aromatic rings. The Kier molecular flexibility index (Phi) is 9.72. The summed E-state index contributed by atoms with van der Waals surface area (Å²) in [6.07, 6.45) is 15.0. The Balaban J connectivity index is 1.49. The second kappa shape index (κ2) is 12.7. The summed E-state index contributed by atoms with van der Waals surface area (Å²) >= 11 is 0. The highest BCUT2D eigenvalue weighted by molar-refractivity contribution is 6.04. The predicted octanol–water partition coefficient (Wildman–Crippen LogP) is 9.76. The van der Waals surface area contributed by atoms with Gasteiger partial charge in [-0.1, -0.05) is 121 Å². The van der Waals surface area contributed by atoms with Crippen molar-refractivity contribution < 1.29 is 4.74 Å². The maximum atomic E-state index is 6.36.